The number of aromatic nitrogens is 2. The van der Waals surface area contributed by atoms with Gasteiger partial charge in [-0.15, -0.1) is 0 Å². The quantitative estimate of drug-likeness (QED) is 0.437. The van der Waals surface area contributed by atoms with Crippen LogP contribution in [0.4, 0.5) is 0 Å². The summed E-state index contributed by atoms with van der Waals surface area (Å²) < 4.78 is 16.0. The fraction of sp³-hybridized carbons (Fsp3) is 0.320. The van der Waals surface area contributed by atoms with E-state index in [0.29, 0.717) is 48.6 Å². The molecule has 0 aliphatic carbocycles. The molecule has 1 aromatic heterocycles. The first-order chi connectivity index (χ1) is 15.5. The predicted molar refractivity (Wildman–Crippen MR) is 123 cm³/mol. The zero-order valence-corrected chi connectivity index (χ0v) is 18.9. The van der Waals surface area contributed by atoms with E-state index in [4.69, 9.17) is 14.0 Å². The van der Waals surface area contributed by atoms with Crippen molar-refractivity contribution in [2.45, 2.75) is 20.3 Å². The Labute approximate surface area is 188 Å². The summed E-state index contributed by atoms with van der Waals surface area (Å²) in [5.41, 5.74) is 1.72. The summed E-state index contributed by atoms with van der Waals surface area (Å²) in [5.74, 6) is 2.50. The number of methoxy groups -OCH3 is 2. The standard InChI is InChI=1S/C25H29N3O4/c1-18(2)17-28(24(29)11-10-19-8-6-5-7-9-19)13-12-23-26-25(27-32-23)20-14-21(30-3)16-22(15-20)31-4/h5-11,14-16,18H,12-13,17H2,1-4H3/b11-10+. The summed E-state index contributed by atoms with van der Waals surface area (Å²) in [4.78, 5) is 19.1. The molecule has 7 nitrogen and oxygen atoms in total. The van der Waals surface area contributed by atoms with Crippen LogP contribution in [0.15, 0.2) is 59.1 Å². The van der Waals surface area contributed by atoms with Crippen LogP contribution in [0.2, 0.25) is 0 Å². The molecule has 1 heterocycles. The Kier molecular flexibility index (Phi) is 8.02. The van der Waals surface area contributed by atoms with Crippen LogP contribution in [-0.2, 0) is 11.2 Å². The lowest BCUT2D eigenvalue weighted by Crippen LogP contribution is -2.34. The van der Waals surface area contributed by atoms with Crippen LogP contribution in [0.25, 0.3) is 17.5 Å². The minimum atomic E-state index is -0.0418. The molecule has 0 spiro atoms. The smallest absolute Gasteiger partial charge is 0.246 e. The molecule has 0 aliphatic rings. The average Bonchev–Trinajstić information content (AvgIpc) is 3.29. The zero-order valence-electron chi connectivity index (χ0n) is 18.9. The van der Waals surface area contributed by atoms with E-state index in [-0.39, 0.29) is 5.91 Å². The topological polar surface area (TPSA) is 77.7 Å². The van der Waals surface area contributed by atoms with Crippen LogP contribution in [0.1, 0.15) is 25.3 Å². The maximum absolute atomic E-state index is 12.8. The van der Waals surface area contributed by atoms with E-state index in [1.807, 2.05) is 53.4 Å². The van der Waals surface area contributed by atoms with Gasteiger partial charge in [-0.25, -0.2) is 0 Å². The number of benzene rings is 2. The van der Waals surface area contributed by atoms with Gasteiger partial charge in [-0.2, -0.15) is 4.98 Å². The van der Waals surface area contributed by atoms with Crippen LogP contribution >= 0.6 is 0 Å². The Balaban J connectivity index is 1.68. The van der Waals surface area contributed by atoms with Gasteiger partial charge in [-0.1, -0.05) is 49.3 Å². The maximum atomic E-state index is 12.8. The van der Waals surface area contributed by atoms with Gasteiger partial charge in [0.15, 0.2) is 0 Å². The lowest BCUT2D eigenvalue weighted by Gasteiger charge is -2.22. The number of rotatable bonds is 10. The number of carbonyl (C=O) groups excluding carboxylic acids is 1. The summed E-state index contributed by atoms with van der Waals surface area (Å²) >= 11 is 0. The lowest BCUT2D eigenvalue weighted by molar-refractivity contribution is -0.126. The highest BCUT2D eigenvalue weighted by molar-refractivity contribution is 5.91. The highest BCUT2D eigenvalue weighted by Gasteiger charge is 2.16. The van der Waals surface area contributed by atoms with Gasteiger partial charge >= 0.3 is 0 Å². The van der Waals surface area contributed by atoms with Gasteiger partial charge in [0, 0.05) is 37.2 Å². The molecule has 0 saturated heterocycles. The van der Waals surface area contributed by atoms with Crippen LogP contribution in [0.5, 0.6) is 11.5 Å². The van der Waals surface area contributed by atoms with E-state index in [9.17, 15) is 4.79 Å². The van der Waals surface area contributed by atoms with E-state index in [2.05, 4.69) is 24.0 Å². The summed E-state index contributed by atoms with van der Waals surface area (Å²) in [6.45, 7) is 5.30. The summed E-state index contributed by atoms with van der Waals surface area (Å²) in [6, 6.07) is 15.2. The van der Waals surface area contributed by atoms with Gasteiger partial charge in [0.25, 0.3) is 0 Å². The summed E-state index contributed by atoms with van der Waals surface area (Å²) in [6.07, 6.45) is 3.90. The fourth-order valence-electron chi connectivity index (χ4n) is 3.21. The number of nitrogens with zero attached hydrogens (tertiary/aromatic N) is 3. The third-order valence-corrected chi connectivity index (χ3v) is 4.79. The molecule has 0 atom stereocenters. The molecule has 0 aliphatic heterocycles. The number of carbonyl (C=O) groups is 1. The van der Waals surface area contributed by atoms with Crippen molar-refractivity contribution in [2.75, 3.05) is 27.3 Å². The van der Waals surface area contributed by atoms with Crippen LogP contribution in [0, 0.1) is 5.92 Å². The van der Waals surface area contributed by atoms with Gasteiger partial charge in [-0.3, -0.25) is 4.79 Å². The first-order valence-electron chi connectivity index (χ1n) is 10.6. The molecule has 0 unspecified atom stereocenters. The van der Waals surface area contributed by atoms with Gasteiger partial charge in [-0.05, 0) is 29.7 Å². The monoisotopic (exact) mass is 435 g/mol. The number of ether oxygens (including phenoxy) is 2. The van der Waals surface area contributed by atoms with Crippen molar-refractivity contribution in [3.05, 3.63) is 66.1 Å². The van der Waals surface area contributed by atoms with Crippen molar-refractivity contribution in [1.29, 1.82) is 0 Å². The van der Waals surface area contributed by atoms with E-state index in [1.54, 1.807) is 26.4 Å². The van der Waals surface area contributed by atoms with Crippen molar-refractivity contribution in [1.82, 2.24) is 15.0 Å². The molecule has 2 aromatic carbocycles. The second-order valence-corrected chi connectivity index (χ2v) is 7.79. The fourth-order valence-corrected chi connectivity index (χ4v) is 3.21. The van der Waals surface area contributed by atoms with Gasteiger partial charge < -0.3 is 18.9 Å². The van der Waals surface area contributed by atoms with Crippen molar-refractivity contribution in [3.63, 3.8) is 0 Å². The number of amides is 1. The van der Waals surface area contributed by atoms with E-state index >= 15 is 0 Å². The molecule has 0 fully saturated rings. The van der Waals surface area contributed by atoms with Crippen molar-refractivity contribution in [2.24, 2.45) is 5.92 Å². The molecule has 3 rings (SSSR count). The molecular formula is C25H29N3O4. The molecule has 0 saturated carbocycles. The van der Waals surface area contributed by atoms with Crippen molar-refractivity contribution >= 4 is 12.0 Å². The molecular weight excluding hydrogens is 406 g/mol. The van der Waals surface area contributed by atoms with E-state index in [1.165, 1.54) is 0 Å². The van der Waals surface area contributed by atoms with Gasteiger partial charge in [0.2, 0.25) is 17.6 Å². The van der Waals surface area contributed by atoms with Crippen LogP contribution < -0.4 is 9.47 Å². The Bertz CT molecular complexity index is 1020. The summed E-state index contributed by atoms with van der Waals surface area (Å²) in [5, 5.41) is 4.08. The largest absolute Gasteiger partial charge is 0.497 e. The number of hydrogen-bond acceptors (Lipinski definition) is 6. The number of hydrogen-bond donors (Lipinski definition) is 0. The molecule has 1 amide bonds. The molecule has 7 heteroatoms. The SMILES string of the molecule is COc1cc(OC)cc(-c2noc(CCN(CC(C)C)C(=O)/C=C/c3ccccc3)n2)c1. The zero-order chi connectivity index (χ0) is 22.9. The van der Waals surface area contributed by atoms with Crippen molar-refractivity contribution < 1.29 is 18.8 Å². The Hall–Kier alpha value is -3.61. The molecule has 0 N–H and O–H groups in total. The minimum Gasteiger partial charge on any atom is -0.497 e. The molecule has 3 aromatic rings. The minimum absolute atomic E-state index is 0.0418. The highest BCUT2D eigenvalue weighted by atomic mass is 16.5. The first kappa shape index (κ1) is 23.1. The Morgan fingerprint density at radius 1 is 1.09 bits per heavy atom. The Morgan fingerprint density at radius 2 is 1.78 bits per heavy atom. The third-order valence-electron chi connectivity index (χ3n) is 4.79. The highest BCUT2D eigenvalue weighted by Crippen LogP contribution is 2.28. The second kappa shape index (κ2) is 11.1. The van der Waals surface area contributed by atoms with Gasteiger partial charge in [0.1, 0.15) is 11.5 Å². The lowest BCUT2D eigenvalue weighted by atomic mass is 10.1. The third kappa shape index (κ3) is 6.44. The van der Waals surface area contributed by atoms with Crippen molar-refractivity contribution in [3.8, 4) is 22.9 Å². The van der Waals surface area contributed by atoms with E-state index < -0.39 is 0 Å². The molecule has 32 heavy (non-hydrogen) atoms. The maximum Gasteiger partial charge on any atom is 0.246 e. The summed E-state index contributed by atoms with van der Waals surface area (Å²) in [7, 11) is 3.18. The Morgan fingerprint density at radius 3 is 2.41 bits per heavy atom. The molecule has 0 bridgehead atoms. The van der Waals surface area contributed by atoms with Crippen LogP contribution in [-0.4, -0.2) is 48.3 Å². The second-order valence-electron chi connectivity index (χ2n) is 7.79. The first-order valence-corrected chi connectivity index (χ1v) is 10.6. The van der Waals surface area contributed by atoms with Gasteiger partial charge in [0.05, 0.1) is 14.2 Å². The predicted octanol–water partition coefficient (Wildman–Crippen LogP) is 4.49. The van der Waals surface area contributed by atoms with E-state index in [0.717, 1.165) is 11.1 Å². The molecule has 168 valence electrons. The normalized spacial score (nSPS) is 11.2. The van der Waals surface area contributed by atoms with Crippen LogP contribution in [0.3, 0.4) is 0 Å². The average molecular weight is 436 g/mol. The molecule has 0 radical (unpaired) electrons.